The number of hydrogen-bond acceptors (Lipinski definition) is 3. The third-order valence-electron chi connectivity index (χ3n) is 3.58. The lowest BCUT2D eigenvalue weighted by Crippen LogP contribution is -2.38. The van der Waals surface area contributed by atoms with E-state index in [1.165, 1.54) is 16.0 Å². The third-order valence-corrected chi connectivity index (χ3v) is 4.52. The van der Waals surface area contributed by atoms with Crippen LogP contribution < -0.4 is 10.6 Å². The van der Waals surface area contributed by atoms with Gasteiger partial charge in [0, 0.05) is 18.0 Å². The zero-order valence-corrected chi connectivity index (χ0v) is 19.0. The van der Waals surface area contributed by atoms with Crippen molar-refractivity contribution in [3.63, 3.8) is 0 Å². The Morgan fingerprint density at radius 1 is 1.15 bits per heavy atom. The summed E-state index contributed by atoms with van der Waals surface area (Å²) in [7, 11) is 0. The van der Waals surface area contributed by atoms with Gasteiger partial charge in [-0.15, -0.1) is 35.3 Å². The number of halogens is 1. The molecule has 0 atom stereocenters. The van der Waals surface area contributed by atoms with E-state index >= 15 is 0 Å². The first-order valence-corrected chi connectivity index (χ1v) is 9.79. The van der Waals surface area contributed by atoms with Crippen LogP contribution in [0.1, 0.15) is 36.8 Å². The average molecular weight is 487 g/mol. The second-order valence-electron chi connectivity index (χ2n) is 6.13. The molecule has 1 heterocycles. The lowest BCUT2D eigenvalue weighted by Gasteiger charge is -2.11. The Labute approximate surface area is 178 Å². The molecule has 0 saturated carbocycles. The van der Waals surface area contributed by atoms with E-state index in [0.717, 1.165) is 25.5 Å². The van der Waals surface area contributed by atoms with Crippen LogP contribution in [0.4, 0.5) is 0 Å². The van der Waals surface area contributed by atoms with Gasteiger partial charge >= 0.3 is 0 Å². The lowest BCUT2D eigenvalue weighted by molar-refractivity contribution is 0.0657. The second-order valence-corrected chi connectivity index (χ2v) is 7.16. The molecule has 0 unspecified atom stereocenters. The van der Waals surface area contributed by atoms with Crippen LogP contribution in [0.5, 0.6) is 0 Å². The molecule has 0 spiro atoms. The maximum Gasteiger partial charge on any atom is 0.191 e. The highest BCUT2D eigenvalue weighted by molar-refractivity contribution is 14.0. The minimum Gasteiger partial charge on any atom is -0.374 e. The number of aliphatic imine (C=N–C) groups is 1. The van der Waals surface area contributed by atoms with Gasteiger partial charge in [-0.05, 0) is 49.8 Å². The van der Waals surface area contributed by atoms with E-state index < -0.39 is 0 Å². The van der Waals surface area contributed by atoms with Crippen molar-refractivity contribution in [1.29, 1.82) is 0 Å². The van der Waals surface area contributed by atoms with Crippen LogP contribution in [0.25, 0.3) is 0 Å². The number of guanidine groups is 1. The van der Waals surface area contributed by atoms with Crippen LogP contribution in [0.2, 0.25) is 0 Å². The van der Waals surface area contributed by atoms with E-state index in [2.05, 4.69) is 73.2 Å². The maximum atomic E-state index is 5.68. The Hall–Kier alpha value is -1.12. The summed E-state index contributed by atoms with van der Waals surface area (Å²) in [4.78, 5) is 6.09. The minimum atomic E-state index is 0. The minimum absolute atomic E-state index is 0. The summed E-state index contributed by atoms with van der Waals surface area (Å²) in [6, 6.07) is 12.7. The Morgan fingerprint density at radius 2 is 1.96 bits per heavy atom. The number of nitrogens with zero attached hydrogens (tertiary/aromatic N) is 1. The number of ether oxygens (including phenoxy) is 1. The molecular weight excluding hydrogens is 457 g/mol. The first-order chi connectivity index (χ1) is 12.2. The first kappa shape index (κ1) is 22.9. The van der Waals surface area contributed by atoms with E-state index in [1.54, 1.807) is 11.3 Å². The molecule has 0 radical (unpaired) electrons. The van der Waals surface area contributed by atoms with Crippen LogP contribution in [0.3, 0.4) is 0 Å². The third kappa shape index (κ3) is 9.00. The summed E-state index contributed by atoms with van der Waals surface area (Å²) in [5.74, 6) is 0.864. The molecule has 1 aromatic heterocycles. The monoisotopic (exact) mass is 487 g/mol. The molecule has 144 valence electrons. The fourth-order valence-corrected chi connectivity index (χ4v) is 3.06. The summed E-state index contributed by atoms with van der Waals surface area (Å²) >= 11 is 1.79. The molecule has 2 N–H and O–H groups in total. The molecule has 1 aromatic carbocycles. The van der Waals surface area contributed by atoms with Crippen molar-refractivity contribution in [1.82, 2.24) is 10.6 Å². The van der Waals surface area contributed by atoms with E-state index in [0.29, 0.717) is 13.2 Å². The van der Waals surface area contributed by atoms with Crippen LogP contribution in [-0.4, -0.2) is 25.2 Å². The summed E-state index contributed by atoms with van der Waals surface area (Å²) < 4.78 is 5.68. The van der Waals surface area contributed by atoms with Gasteiger partial charge in [0.05, 0.1) is 19.3 Å². The molecule has 2 rings (SSSR count). The van der Waals surface area contributed by atoms with Crippen LogP contribution in [-0.2, 0) is 24.3 Å². The Kier molecular flexibility index (Phi) is 11.6. The van der Waals surface area contributed by atoms with Gasteiger partial charge in [-0.2, -0.15) is 0 Å². The van der Waals surface area contributed by atoms with Gasteiger partial charge in [-0.25, -0.2) is 4.99 Å². The van der Waals surface area contributed by atoms with Crippen molar-refractivity contribution >= 4 is 41.3 Å². The Morgan fingerprint density at radius 3 is 2.65 bits per heavy atom. The second kappa shape index (κ2) is 13.1. The molecule has 0 fully saturated rings. The van der Waals surface area contributed by atoms with Gasteiger partial charge in [-0.3, -0.25) is 0 Å². The molecule has 0 bridgehead atoms. The molecular formula is C20H30IN3OS. The van der Waals surface area contributed by atoms with Crippen molar-refractivity contribution in [2.75, 3.05) is 13.1 Å². The van der Waals surface area contributed by atoms with Gasteiger partial charge in [0.15, 0.2) is 5.96 Å². The van der Waals surface area contributed by atoms with E-state index in [4.69, 9.17) is 9.73 Å². The molecule has 0 aliphatic rings. The predicted molar refractivity (Wildman–Crippen MR) is 123 cm³/mol. The SMILES string of the molecule is CCNC(=NCc1cccc(COC(C)C)c1)NCCc1cccs1.I. The van der Waals surface area contributed by atoms with Crippen LogP contribution in [0.15, 0.2) is 46.8 Å². The van der Waals surface area contributed by atoms with Crippen molar-refractivity contribution in [2.24, 2.45) is 4.99 Å². The Balaban J connectivity index is 0.00000338. The lowest BCUT2D eigenvalue weighted by atomic mass is 10.1. The molecule has 0 aliphatic heterocycles. The van der Waals surface area contributed by atoms with E-state index in [-0.39, 0.29) is 30.1 Å². The van der Waals surface area contributed by atoms with Gasteiger partial charge in [0.2, 0.25) is 0 Å². The normalized spacial score (nSPS) is 11.3. The number of hydrogen-bond donors (Lipinski definition) is 2. The van der Waals surface area contributed by atoms with Crippen molar-refractivity contribution in [3.05, 3.63) is 57.8 Å². The van der Waals surface area contributed by atoms with Gasteiger partial charge in [0.25, 0.3) is 0 Å². The summed E-state index contributed by atoms with van der Waals surface area (Å²) in [6.07, 6.45) is 1.26. The Bertz CT molecular complexity index is 644. The van der Waals surface area contributed by atoms with Gasteiger partial charge in [0.1, 0.15) is 0 Å². The van der Waals surface area contributed by atoms with Gasteiger partial charge in [-0.1, -0.05) is 30.3 Å². The number of nitrogens with one attached hydrogen (secondary N) is 2. The molecule has 0 aliphatic carbocycles. The fraction of sp³-hybridized carbons (Fsp3) is 0.450. The fourth-order valence-electron chi connectivity index (χ4n) is 2.35. The highest BCUT2D eigenvalue weighted by Gasteiger charge is 2.01. The van der Waals surface area contributed by atoms with Gasteiger partial charge < -0.3 is 15.4 Å². The average Bonchev–Trinajstić information content (AvgIpc) is 3.12. The number of rotatable bonds is 9. The highest BCUT2D eigenvalue weighted by Crippen LogP contribution is 2.10. The summed E-state index contributed by atoms with van der Waals surface area (Å²) in [5.41, 5.74) is 2.39. The first-order valence-electron chi connectivity index (χ1n) is 8.91. The predicted octanol–water partition coefficient (Wildman–Crippen LogP) is 4.59. The number of thiophene rings is 1. The zero-order valence-electron chi connectivity index (χ0n) is 15.8. The van der Waals surface area contributed by atoms with Crippen molar-refractivity contribution in [3.8, 4) is 0 Å². The molecule has 6 heteroatoms. The smallest absolute Gasteiger partial charge is 0.191 e. The molecule has 2 aromatic rings. The van der Waals surface area contributed by atoms with Crippen molar-refractivity contribution < 1.29 is 4.74 Å². The quantitative estimate of drug-likeness (QED) is 0.309. The molecule has 0 amide bonds. The topological polar surface area (TPSA) is 45.7 Å². The van der Waals surface area contributed by atoms with E-state index in [9.17, 15) is 0 Å². The molecule has 0 saturated heterocycles. The van der Waals surface area contributed by atoms with E-state index in [1.807, 2.05) is 0 Å². The van der Waals surface area contributed by atoms with Crippen LogP contribution >= 0.6 is 35.3 Å². The maximum absolute atomic E-state index is 5.68. The molecule has 26 heavy (non-hydrogen) atoms. The summed E-state index contributed by atoms with van der Waals surface area (Å²) in [6.45, 7) is 9.23. The number of benzene rings is 1. The van der Waals surface area contributed by atoms with Crippen LogP contribution in [0, 0.1) is 0 Å². The largest absolute Gasteiger partial charge is 0.374 e. The highest BCUT2D eigenvalue weighted by atomic mass is 127. The molecule has 4 nitrogen and oxygen atoms in total. The zero-order chi connectivity index (χ0) is 17.9. The van der Waals surface area contributed by atoms with Crippen molar-refractivity contribution in [2.45, 2.75) is 46.4 Å². The standard InChI is InChI=1S/C20H29N3OS.HI/c1-4-21-20(22-11-10-19-9-6-12-25-19)23-14-17-7-5-8-18(13-17)15-24-16(2)3;/h5-9,12-13,16H,4,10-11,14-15H2,1-3H3,(H2,21,22,23);1H. The summed E-state index contributed by atoms with van der Waals surface area (Å²) in [5, 5.41) is 8.83.